The van der Waals surface area contributed by atoms with E-state index in [1.807, 2.05) is 12.1 Å². The van der Waals surface area contributed by atoms with Gasteiger partial charge < -0.3 is 10.2 Å². The second kappa shape index (κ2) is 7.28. The number of nitrogens with zero attached hydrogens (tertiary/aromatic N) is 1. The summed E-state index contributed by atoms with van der Waals surface area (Å²) < 4.78 is 0. The molecule has 106 valence electrons. The number of halogens is 1. The fourth-order valence-electron chi connectivity index (χ4n) is 2.70. The molecule has 0 spiro atoms. The van der Waals surface area contributed by atoms with E-state index in [-0.39, 0.29) is 0 Å². The summed E-state index contributed by atoms with van der Waals surface area (Å²) in [5, 5.41) is 4.40. The third kappa shape index (κ3) is 4.20. The van der Waals surface area contributed by atoms with E-state index in [9.17, 15) is 0 Å². The highest BCUT2D eigenvalue weighted by Gasteiger charge is 2.22. The van der Waals surface area contributed by atoms with Crippen LogP contribution in [0, 0.1) is 0 Å². The second-order valence-electron chi connectivity index (χ2n) is 5.52. The molecule has 1 N–H and O–H groups in total. The first-order chi connectivity index (χ1) is 9.20. The molecule has 0 aliphatic heterocycles. The minimum Gasteiger partial charge on any atom is -0.310 e. The summed E-state index contributed by atoms with van der Waals surface area (Å²) in [6.07, 6.45) is 5.29. The van der Waals surface area contributed by atoms with Gasteiger partial charge in [0.1, 0.15) is 0 Å². The number of benzene rings is 1. The van der Waals surface area contributed by atoms with Gasteiger partial charge in [-0.05, 0) is 57.1 Å². The molecular weight excluding hydrogens is 256 g/mol. The van der Waals surface area contributed by atoms with Crippen LogP contribution in [0.15, 0.2) is 24.3 Å². The molecule has 0 saturated heterocycles. The van der Waals surface area contributed by atoms with Gasteiger partial charge in [0.15, 0.2) is 0 Å². The summed E-state index contributed by atoms with van der Waals surface area (Å²) >= 11 is 6.10. The highest BCUT2D eigenvalue weighted by atomic mass is 35.5. The van der Waals surface area contributed by atoms with E-state index >= 15 is 0 Å². The summed E-state index contributed by atoms with van der Waals surface area (Å²) in [5.74, 6) is 0. The van der Waals surface area contributed by atoms with Crippen LogP contribution in [-0.4, -0.2) is 31.1 Å². The summed E-state index contributed by atoms with van der Waals surface area (Å²) in [5.41, 5.74) is 1.30. The normalized spacial score (nSPS) is 17.5. The average Bonchev–Trinajstić information content (AvgIpc) is 2.32. The topological polar surface area (TPSA) is 15.3 Å². The SMILES string of the molecule is CCNC(CCN(C)C1CCC1)c1cccc(Cl)c1. The molecule has 1 aliphatic rings. The molecule has 0 amide bonds. The van der Waals surface area contributed by atoms with Crippen LogP contribution in [0.3, 0.4) is 0 Å². The third-order valence-electron chi connectivity index (χ3n) is 4.17. The van der Waals surface area contributed by atoms with Crippen molar-refractivity contribution in [2.24, 2.45) is 0 Å². The Balaban J connectivity index is 1.91. The Morgan fingerprint density at radius 1 is 1.42 bits per heavy atom. The van der Waals surface area contributed by atoms with Gasteiger partial charge in [0, 0.05) is 17.1 Å². The minimum atomic E-state index is 0.409. The van der Waals surface area contributed by atoms with Gasteiger partial charge in [-0.15, -0.1) is 0 Å². The van der Waals surface area contributed by atoms with Crippen LogP contribution in [0.2, 0.25) is 5.02 Å². The van der Waals surface area contributed by atoms with Crippen LogP contribution in [0.4, 0.5) is 0 Å². The van der Waals surface area contributed by atoms with E-state index in [2.05, 4.69) is 36.3 Å². The molecule has 1 aliphatic carbocycles. The van der Waals surface area contributed by atoms with Crippen LogP contribution in [0.1, 0.15) is 44.2 Å². The van der Waals surface area contributed by atoms with Crippen molar-refractivity contribution in [3.8, 4) is 0 Å². The molecule has 1 aromatic rings. The molecule has 2 nitrogen and oxygen atoms in total. The van der Waals surface area contributed by atoms with E-state index in [4.69, 9.17) is 11.6 Å². The van der Waals surface area contributed by atoms with E-state index < -0.39 is 0 Å². The standard InChI is InChI=1S/C16H25ClN2/c1-3-18-16(13-6-4-7-14(17)12-13)10-11-19(2)15-8-5-9-15/h4,6-7,12,15-16,18H,3,5,8-11H2,1-2H3. The molecule has 1 aromatic carbocycles. The van der Waals surface area contributed by atoms with Crippen molar-refractivity contribution in [3.05, 3.63) is 34.9 Å². The second-order valence-corrected chi connectivity index (χ2v) is 5.96. The van der Waals surface area contributed by atoms with Gasteiger partial charge >= 0.3 is 0 Å². The number of hydrogen-bond donors (Lipinski definition) is 1. The van der Waals surface area contributed by atoms with Gasteiger partial charge in [-0.2, -0.15) is 0 Å². The number of nitrogens with one attached hydrogen (secondary N) is 1. The zero-order chi connectivity index (χ0) is 13.7. The summed E-state index contributed by atoms with van der Waals surface area (Å²) in [4.78, 5) is 2.51. The van der Waals surface area contributed by atoms with E-state index in [1.54, 1.807) is 0 Å². The van der Waals surface area contributed by atoms with Crippen LogP contribution in [0.5, 0.6) is 0 Å². The molecule has 3 heteroatoms. The third-order valence-corrected chi connectivity index (χ3v) is 4.41. The summed E-state index contributed by atoms with van der Waals surface area (Å²) in [6.45, 7) is 4.30. The van der Waals surface area contributed by atoms with Crippen molar-refractivity contribution in [2.75, 3.05) is 20.1 Å². The lowest BCUT2D eigenvalue weighted by Crippen LogP contribution is -2.39. The van der Waals surface area contributed by atoms with Crippen LogP contribution in [-0.2, 0) is 0 Å². The van der Waals surface area contributed by atoms with Crippen LogP contribution >= 0.6 is 11.6 Å². The highest BCUT2D eigenvalue weighted by Crippen LogP contribution is 2.25. The Hall–Kier alpha value is -0.570. The molecule has 1 saturated carbocycles. The van der Waals surface area contributed by atoms with Crippen molar-refractivity contribution in [3.63, 3.8) is 0 Å². The quantitative estimate of drug-likeness (QED) is 0.816. The lowest BCUT2D eigenvalue weighted by Gasteiger charge is -2.35. The first kappa shape index (κ1) is 14.8. The number of hydrogen-bond acceptors (Lipinski definition) is 2. The molecule has 0 heterocycles. The fraction of sp³-hybridized carbons (Fsp3) is 0.625. The Labute approximate surface area is 122 Å². The predicted molar refractivity (Wildman–Crippen MR) is 82.8 cm³/mol. The molecule has 0 bridgehead atoms. The van der Waals surface area contributed by atoms with E-state index in [1.165, 1.54) is 24.8 Å². The number of rotatable bonds is 7. The zero-order valence-electron chi connectivity index (χ0n) is 12.0. The van der Waals surface area contributed by atoms with Gasteiger partial charge in [0.2, 0.25) is 0 Å². The van der Waals surface area contributed by atoms with Crippen LogP contribution < -0.4 is 5.32 Å². The monoisotopic (exact) mass is 280 g/mol. The summed E-state index contributed by atoms with van der Waals surface area (Å²) in [6, 6.07) is 9.46. The smallest absolute Gasteiger partial charge is 0.0409 e. The van der Waals surface area contributed by atoms with Crippen molar-refractivity contribution in [2.45, 2.75) is 44.7 Å². The van der Waals surface area contributed by atoms with Crippen molar-refractivity contribution in [1.29, 1.82) is 0 Å². The maximum atomic E-state index is 6.10. The molecule has 1 fully saturated rings. The van der Waals surface area contributed by atoms with Crippen molar-refractivity contribution < 1.29 is 0 Å². The molecule has 19 heavy (non-hydrogen) atoms. The van der Waals surface area contributed by atoms with Crippen molar-refractivity contribution >= 4 is 11.6 Å². The van der Waals surface area contributed by atoms with Gasteiger partial charge in [0.25, 0.3) is 0 Å². The molecule has 1 unspecified atom stereocenters. The predicted octanol–water partition coefficient (Wildman–Crippen LogP) is 3.87. The van der Waals surface area contributed by atoms with E-state index in [0.717, 1.165) is 30.6 Å². The van der Waals surface area contributed by atoms with Crippen LogP contribution in [0.25, 0.3) is 0 Å². The Morgan fingerprint density at radius 3 is 2.79 bits per heavy atom. The van der Waals surface area contributed by atoms with E-state index in [0.29, 0.717) is 6.04 Å². The Kier molecular flexibility index (Phi) is 5.68. The molecule has 2 rings (SSSR count). The fourth-order valence-corrected chi connectivity index (χ4v) is 2.90. The van der Waals surface area contributed by atoms with Gasteiger partial charge in [-0.25, -0.2) is 0 Å². The lowest BCUT2D eigenvalue weighted by atomic mass is 9.91. The molecule has 0 aromatic heterocycles. The molecule has 0 radical (unpaired) electrons. The lowest BCUT2D eigenvalue weighted by molar-refractivity contribution is 0.153. The maximum absolute atomic E-state index is 6.10. The molecular formula is C16H25ClN2. The summed E-state index contributed by atoms with van der Waals surface area (Å²) in [7, 11) is 2.25. The Bertz CT molecular complexity index is 390. The van der Waals surface area contributed by atoms with Gasteiger partial charge in [0.05, 0.1) is 0 Å². The average molecular weight is 281 g/mol. The van der Waals surface area contributed by atoms with Gasteiger partial charge in [-0.3, -0.25) is 0 Å². The van der Waals surface area contributed by atoms with Gasteiger partial charge in [-0.1, -0.05) is 37.1 Å². The van der Waals surface area contributed by atoms with Crippen molar-refractivity contribution in [1.82, 2.24) is 10.2 Å². The first-order valence-corrected chi connectivity index (χ1v) is 7.77. The zero-order valence-corrected chi connectivity index (χ0v) is 12.8. The molecule has 1 atom stereocenters. The minimum absolute atomic E-state index is 0.409. The Morgan fingerprint density at radius 2 is 2.21 bits per heavy atom. The first-order valence-electron chi connectivity index (χ1n) is 7.39. The highest BCUT2D eigenvalue weighted by molar-refractivity contribution is 6.30. The largest absolute Gasteiger partial charge is 0.310 e. The maximum Gasteiger partial charge on any atom is 0.0409 e.